The minimum atomic E-state index is 0.144. The number of hydrogen-bond acceptors (Lipinski definition) is 2. The van der Waals surface area contributed by atoms with E-state index in [1.807, 2.05) is 22.9 Å². The van der Waals surface area contributed by atoms with Crippen LogP contribution in [0.1, 0.15) is 38.2 Å². The molecule has 2 amide bonds. The summed E-state index contributed by atoms with van der Waals surface area (Å²) in [6.07, 6.45) is 5.01. The Morgan fingerprint density at radius 2 is 2.00 bits per heavy atom. The lowest BCUT2D eigenvalue weighted by Crippen LogP contribution is -2.52. The second-order valence-electron chi connectivity index (χ2n) is 6.34. The molecule has 0 bridgehead atoms. The Morgan fingerprint density at radius 3 is 2.73 bits per heavy atom. The average molecular weight is 302 g/mol. The molecule has 1 saturated heterocycles. The van der Waals surface area contributed by atoms with Crippen LogP contribution in [0.4, 0.5) is 10.5 Å². The van der Waals surface area contributed by atoms with Crippen molar-refractivity contribution >= 4 is 11.7 Å². The first-order valence-electron chi connectivity index (χ1n) is 8.44. The molecule has 1 aromatic rings. The number of rotatable bonds is 2. The van der Waals surface area contributed by atoms with Crippen molar-refractivity contribution in [1.82, 2.24) is 4.90 Å². The van der Waals surface area contributed by atoms with Crippen LogP contribution in [0.15, 0.2) is 24.3 Å². The summed E-state index contributed by atoms with van der Waals surface area (Å²) in [7, 11) is 1.95. The number of fused-ring (bicyclic) bond motifs is 1. The topological polar surface area (TPSA) is 32.8 Å². The lowest BCUT2D eigenvalue weighted by Gasteiger charge is -2.41. The Kier molecular flexibility index (Phi) is 4.67. The molecule has 2 heterocycles. The molecular formula is C18H26N2O2. The van der Waals surface area contributed by atoms with Gasteiger partial charge >= 0.3 is 6.03 Å². The summed E-state index contributed by atoms with van der Waals surface area (Å²) in [6, 6.07) is 9.09. The molecule has 22 heavy (non-hydrogen) atoms. The van der Waals surface area contributed by atoms with E-state index >= 15 is 0 Å². The van der Waals surface area contributed by atoms with Gasteiger partial charge in [0, 0.05) is 38.0 Å². The second kappa shape index (κ2) is 6.69. The Hall–Kier alpha value is -1.55. The summed E-state index contributed by atoms with van der Waals surface area (Å²) in [5.74, 6) is 0. The molecular weight excluding hydrogens is 276 g/mol. The first kappa shape index (κ1) is 15.3. The van der Waals surface area contributed by atoms with Crippen LogP contribution in [0.5, 0.6) is 0 Å². The Labute approximate surface area is 133 Å². The second-order valence-corrected chi connectivity index (χ2v) is 6.34. The van der Waals surface area contributed by atoms with Crippen molar-refractivity contribution in [2.24, 2.45) is 0 Å². The first-order chi connectivity index (χ1) is 10.7. The number of carbonyl (C=O) groups excluding carboxylic acids is 1. The van der Waals surface area contributed by atoms with Crippen molar-refractivity contribution in [2.45, 2.75) is 51.1 Å². The standard InChI is InChI=1S/C18H26N2O2/c1-3-15-9-8-14-6-4-5-7-17(14)20(15)18(21)19(2)16-10-12-22-13-11-16/h4-7,15-16H,3,8-13H2,1-2H3. The van der Waals surface area contributed by atoms with E-state index in [1.54, 1.807) is 0 Å². The molecule has 1 atom stereocenters. The molecule has 0 aliphatic carbocycles. The van der Waals surface area contributed by atoms with Crippen LogP contribution >= 0.6 is 0 Å². The molecule has 1 aromatic carbocycles. The van der Waals surface area contributed by atoms with Gasteiger partial charge in [0.2, 0.25) is 0 Å². The molecule has 4 heteroatoms. The van der Waals surface area contributed by atoms with Crippen molar-refractivity contribution in [3.8, 4) is 0 Å². The number of ether oxygens (including phenoxy) is 1. The molecule has 4 nitrogen and oxygen atoms in total. The number of para-hydroxylation sites is 1. The smallest absolute Gasteiger partial charge is 0.324 e. The Morgan fingerprint density at radius 1 is 1.27 bits per heavy atom. The molecule has 2 aliphatic rings. The number of benzene rings is 1. The van der Waals surface area contributed by atoms with E-state index in [2.05, 4.69) is 25.1 Å². The molecule has 2 aliphatic heterocycles. The average Bonchev–Trinajstić information content (AvgIpc) is 2.60. The van der Waals surface area contributed by atoms with Gasteiger partial charge in [-0.3, -0.25) is 4.90 Å². The van der Waals surface area contributed by atoms with E-state index in [9.17, 15) is 4.79 Å². The highest BCUT2D eigenvalue weighted by atomic mass is 16.5. The summed E-state index contributed by atoms with van der Waals surface area (Å²) in [5.41, 5.74) is 2.39. The highest BCUT2D eigenvalue weighted by molar-refractivity contribution is 5.94. The van der Waals surface area contributed by atoms with Crippen LogP contribution in [0.3, 0.4) is 0 Å². The van der Waals surface area contributed by atoms with Crippen LogP contribution in [-0.4, -0.2) is 43.3 Å². The minimum Gasteiger partial charge on any atom is -0.381 e. The quantitative estimate of drug-likeness (QED) is 0.838. The third kappa shape index (κ3) is 2.84. The summed E-state index contributed by atoms with van der Waals surface area (Å²) in [4.78, 5) is 17.1. The van der Waals surface area contributed by atoms with Gasteiger partial charge in [-0.15, -0.1) is 0 Å². The molecule has 120 valence electrons. The van der Waals surface area contributed by atoms with E-state index in [0.29, 0.717) is 12.1 Å². The summed E-state index contributed by atoms with van der Waals surface area (Å²) in [5, 5.41) is 0. The monoisotopic (exact) mass is 302 g/mol. The molecule has 0 N–H and O–H groups in total. The predicted molar refractivity (Wildman–Crippen MR) is 88.3 cm³/mol. The van der Waals surface area contributed by atoms with Gasteiger partial charge in [-0.2, -0.15) is 0 Å². The largest absolute Gasteiger partial charge is 0.381 e. The zero-order valence-electron chi connectivity index (χ0n) is 13.6. The van der Waals surface area contributed by atoms with Crippen LogP contribution in [0.25, 0.3) is 0 Å². The van der Waals surface area contributed by atoms with E-state index < -0.39 is 0 Å². The van der Waals surface area contributed by atoms with Crippen LogP contribution < -0.4 is 4.90 Å². The number of amides is 2. The lowest BCUT2D eigenvalue weighted by atomic mass is 9.94. The Balaban J connectivity index is 1.85. The molecule has 3 rings (SSSR count). The van der Waals surface area contributed by atoms with Gasteiger partial charge in [0.15, 0.2) is 0 Å². The van der Waals surface area contributed by atoms with Crippen molar-refractivity contribution < 1.29 is 9.53 Å². The van der Waals surface area contributed by atoms with Crippen LogP contribution in [0, 0.1) is 0 Å². The van der Waals surface area contributed by atoms with Crippen LogP contribution in [0.2, 0.25) is 0 Å². The van der Waals surface area contributed by atoms with Crippen molar-refractivity contribution in [3.63, 3.8) is 0 Å². The number of hydrogen-bond donors (Lipinski definition) is 0. The minimum absolute atomic E-state index is 0.144. The van der Waals surface area contributed by atoms with Crippen molar-refractivity contribution in [3.05, 3.63) is 29.8 Å². The molecule has 0 radical (unpaired) electrons. The van der Waals surface area contributed by atoms with Crippen molar-refractivity contribution in [1.29, 1.82) is 0 Å². The van der Waals surface area contributed by atoms with E-state index in [1.165, 1.54) is 5.56 Å². The van der Waals surface area contributed by atoms with E-state index in [0.717, 1.165) is 51.0 Å². The molecule has 1 unspecified atom stereocenters. The van der Waals surface area contributed by atoms with Gasteiger partial charge in [0.05, 0.1) is 0 Å². The first-order valence-corrected chi connectivity index (χ1v) is 8.44. The predicted octanol–water partition coefficient (Wildman–Crippen LogP) is 3.45. The van der Waals surface area contributed by atoms with Gasteiger partial charge in [-0.25, -0.2) is 4.79 Å². The fourth-order valence-corrected chi connectivity index (χ4v) is 3.65. The third-order valence-electron chi connectivity index (χ3n) is 5.08. The highest BCUT2D eigenvalue weighted by Gasteiger charge is 2.34. The summed E-state index contributed by atoms with van der Waals surface area (Å²) < 4.78 is 5.42. The van der Waals surface area contributed by atoms with Gasteiger partial charge in [-0.05, 0) is 43.7 Å². The molecule has 1 fully saturated rings. The number of nitrogens with zero attached hydrogens (tertiary/aromatic N) is 2. The Bertz CT molecular complexity index is 526. The fraction of sp³-hybridized carbons (Fsp3) is 0.611. The number of aryl methyl sites for hydroxylation is 1. The summed E-state index contributed by atoms with van der Waals surface area (Å²) in [6.45, 7) is 3.69. The van der Waals surface area contributed by atoms with E-state index in [-0.39, 0.29) is 6.03 Å². The molecule has 0 aromatic heterocycles. The zero-order chi connectivity index (χ0) is 15.5. The highest BCUT2D eigenvalue weighted by Crippen LogP contribution is 2.33. The summed E-state index contributed by atoms with van der Waals surface area (Å²) >= 11 is 0. The number of urea groups is 1. The SMILES string of the molecule is CCC1CCc2ccccc2N1C(=O)N(C)C1CCOCC1. The normalized spacial score (nSPS) is 22.3. The van der Waals surface area contributed by atoms with Gasteiger partial charge in [-0.1, -0.05) is 25.1 Å². The van der Waals surface area contributed by atoms with Gasteiger partial charge < -0.3 is 9.64 Å². The maximum absolute atomic E-state index is 13.1. The van der Waals surface area contributed by atoms with Crippen molar-refractivity contribution in [2.75, 3.05) is 25.2 Å². The maximum Gasteiger partial charge on any atom is 0.324 e. The van der Waals surface area contributed by atoms with Gasteiger partial charge in [0.1, 0.15) is 0 Å². The third-order valence-corrected chi connectivity index (χ3v) is 5.08. The van der Waals surface area contributed by atoms with Gasteiger partial charge in [0.25, 0.3) is 0 Å². The number of carbonyl (C=O) groups is 1. The number of anilines is 1. The molecule has 0 saturated carbocycles. The lowest BCUT2D eigenvalue weighted by molar-refractivity contribution is 0.0532. The molecule has 0 spiro atoms. The maximum atomic E-state index is 13.1. The van der Waals surface area contributed by atoms with Crippen LogP contribution in [-0.2, 0) is 11.2 Å². The fourth-order valence-electron chi connectivity index (χ4n) is 3.65. The zero-order valence-corrected chi connectivity index (χ0v) is 13.6. The van der Waals surface area contributed by atoms with E-state index in [4.69, 9.17) is 4.74 Å².